The van der Waals surface area contributed by atoms with Crippen LogP contribution in [0.2, 0.25) is 0 Å². The average molecular weight is 310 g/mol. The number of hydrogen-bond donors (Lipinski definition) is 1. The van der Waals surface area contributed by atoms with Crippen LogP contribution in [-0.2, 0) is 12.8 Å². The summed E-state index contributed by atoms with van der Waals surface area (Å²) < 4.78 is 11.2. The van der Waals surface area contributed by atoms with Crippen molar-refractivity contribution in [1.82, 2.24) is 20.2 Å². The van der Waals surface area contributed by atoms with Crippen LogP contribution in [0.4, 0.5) is 0 Å². The van der Waals surface area contributed by atoms with Gasteiger partial charge in [-0.2, -0.15) is 0 Å². The summed E-state index contributed by atoms with van der Waals surface area (Å²) in [4.78, 5) is 8.24. The van der Waals surface area contributed by atoms with Crippen LogP contribution in [0.3, 0.4) is 0 Å². The Morgan fingerprint density at radius 3 is 2.72 bits per heavy atom. The summed E-state index contributed by atoms with van der Waals surface area (Å²) in [5.74, 6) is 0.558. The van der Waals surface area contributed by atoms with Crippen LogP contribution in [0, 0.1) is 0 Å². The molecule has 1 atom stereocenters. The van der Waals surface area contributed by atoms with Gasteiger partial charge in [0.15, 0.2) is 0 Å². The molecule has 2 aromatic rings. The van der Waals surface area contributed by atoms with Crippen LogP contribution < -0.4 is 14.0 Å². The van der Waals surface area contributed by atoms with Gasteiger partial charge in [0, 0.05) is 0 Å². The minimum atomic E-state index is 0.315. The van der Waals surface area contributed by atoms with Crippen molar-refractivity contribution in [3.63, 3.8) is 0 Å². The van der Waals surface area contributed by atoms with Gasteiger partial charge in [-0.25, -0.2) is 0 Å². The first-order valence-electron chi connectivity index (χ1n) is 5.46. The van der Waals surface area contributed by atoms with Crippen molar-refractivity contribution in [3.8, 4) is 11.9 Å². The summed E-state index contributed by atoms with van der Waals surface area (Å²) in [6, 6.07) is 2.37. The Bertz CT molecular complexity index is 530. The molecule has 0 radical (unpaired) electrons. The fourth-order valence-corrected chi connectivity index (χ4v) is 2.16. The van der Waals surface area contributed by atoms with Gasteiger partial charge in [0.25, 0.3) is 0 Å². The zero-order chi connectivity index (χ0) is 13.0. The normalized spacial score (nSPS) is 10.4. The van der Waals surface area contributed by atoms with Gasteiger partial charge < -0.3 is 0 Å². The van der Waals surface area contributed by atoms with Gasteiger partial charge in [-0.15, -0.1) is 0 Å². The number of ether oxygens (including phenoxy) is 2. The van der Waals surface area contributed by atoms with Gasteiger partial charge in [-0.1, -0.05) is 0 Å². The van der Waals surface area contributed by atoms with Crippen molar-refractivity contribution in [1.29, 1.82) is 0 Å². The van der Waals surface area contributed by atoms with Crippen LogP contribution in [0.1, 0.15) is 11.3 Å². The number of methoxy groups -OCH3 is 2. The number of aryl methyl sites for hydroxylation is 2. The van der Waals surface area contributed by atoms with Gasteiger partial charge in [0.05, 0.1) is 0 Å². The van der Waals surface area contributed by atoms with Crippen LogP contribution in [0.5, 0.6) is 11.9 Å². The Kier molecular flexibility index (Phi) is 4.20. The van der Waals surface area contributed by atoms with Gasteiger partial charge in [-0.05, 0) is 0 Å². The first-order chi connectivity index (χ1) is 8.72. The Morgan fingerprint density at radius 1 is 1.28 bits per heavy atom. The summed E-state index contributed by atoms with van der Waals surface area (Å²) >= 11 is 1.51. The third-order valence-electron chi connectivity index (χ3n) is 2.49. The summed E-state index contributed by atoms with van der Waals surface area (Å²) in [5, 5.41) is 7.11. The first-order valence-corrected chi connectivity index (χ1v) is 6.67. The molecule has 1 N–H and O–H groups in total. The zero-order valence-electron chi connectivity index (χ0n) is 10.3. The molecule has 0 fully saturated rings. The van der Waals surface area contributed by atoms with Crippen LogP contribution >= 0.6 is 0 Å². The van der Waals surface area contributed by atoms with Crippen molar-refractivity contribution in [2.75, 3.05) is 14.2 Å². The van der Waals surface area contributed by atoms with E-state index in [2.05, 4.69) is 26.2 Å². The fourth-order valence-electron chi connectivity index (χ4n) is 1.60. The van der Waals surface area contributed by atoms with Crippen molar-refractivity contribution < 1.29 is 9.47 Å². The summed E-state index contributed by atoms with van der Waals surface area (Å²) in [6.45, 7) is 0. The van der Waals surface area contributed by atoms with Gasteiger partial charge in [-0.3, -0.25) is 0 Å². The molecule has 0 aliphatic rings. The predicted molar refractivity (Wildman–Crippen MR) is 69.3 cm³/mol. The Labute approximate surface area is 114 Å². The van der Waals surface area contributed by atoms with E-state index in [0.717, 1.165) is 28.6 Å². The Balaban J connectivity index is 2.08. The van der Waals surface area contributed by atoms with Crippen LogP contribution in [0.25, 0.3) is 0 Å². The number of aromatic nitrogens is 4. The second-order valence-electron chi connectivity index (χ2n) is 3.71. The van der Waals surface area contributed by atoms with Crippen LogP contribution in [-0.4, -0.2) is 51.2 Å². The van der Waals surface area contributed by atoms with E-state index in [4.69, 9.17) is 9.47 Å². The van der Waals surface area contributed by atoms with E-state index in [1.54, 1.807) is 13.3 Å². The molecule has 0 bridgehead atoms. The molecule has 0 spiro atoms. The van der Waals surface area contributed by atoms with Crippen molar-refractivity contribution >= 4 is 21.3 Å². The third kappa shape index (κ3) is 3.01. The summed E-state index contributed by atoms with van der Waals surface area (Å²) in [5.41, 5.74) is 2.06. The standard InChI is InChI=1S/C11H15AsN4O2/c1-17-10-7(6-13-11(14-10)18-2)3-4-8-5-9(12)16-15-8/h5-6H,3-4,12H2,1-2H3,(H,15,16). The maximum atomic E-state index is 5.23. The zero-order valence-corrected chi connectivity index (χ0v) is 12.7. The van der Waals surface area contributed by atoms with E-state index < -0.39 is 0 Å². The molecule has 0 saturated carbocycles. The molecular weight excluding hydrogens is 295 g/mol. The molecule has 0 amide bonds. The number of H-pyrrole nitrogens is 1. The predicted octanol–water partition coefficient (Wildman–Crippen LogP) is -0.740. The quantitative estimate of drug-likeness (QED) is 0.737. The molecule has 0 aromatic carbocycles. The summed E-state index contributed by atoms with van der Waals surface area (Å²) in [7, 11) is 3.12. The first kappa shape index (κ1) is 12.9. The van der Waals surface area contributed by atoms with Crippen molar-refractivity contribution in [3.05, 3.63) is 23.5 Å². The SMILES string of the molecule is COc1ncc(CCc2cc([AsH2])n[nH]2)c(OC)n1. The molecule has 0 saturated heterocycles. The fraction of sp³-hybridized carbons (Fsp3) is 0.364. The number of nitrogens with zero attached hydrogens (tertiary/aromatic N) is 3. The molecule has 7 heteroatoms. The molecule has 2 rings (SSSR count). The van der Waals surface area contributed by atoms with E-state index >= 15 is 0 Å². The third-order valence-corrected chi connectivity index (χ3v) is 3.11. The summed E-state index contributed by atoms with van der Waals surface area (Å²) in [6.07, 6.45) is 3.38. The molecular formula is C11H15AsN4O2. The van der Waals surface area contributed by atoms with E-state index in [1.165, 1.54) is 24.0 Å². The average Bonchev–Trinajstić information content (AvgIpc) is 2.82. The number of hydrogen-bond acceptors (Lipinski definition) is 5. The molecule has 6 nitrogen and oxygen atoms in total. The topological polar surface area (TPSA) is 72.9 Å². The number of aromatic amines is 1. The van der Waals surface area contributed by atoms with E-state index in [9.17, 15) is 0 Å². The number of rotatable bonds is 5. The van der Waals surface area contributed by atoms with E-state index in [-0.39, 0.29) is 0 Å². The molecule has 2 heterocycles. The van der Waals surface area contributed by atoms with Crippen molar-refractivity contribution in [2.45, 2.75) is 12.8 Å². The second kappa shape index (κ2) is 5.87. The molecule has 0 aliphatic heterocycles. The molecule has 0 aliphatic carbocycles. The Hall–Kier alpha value is -1.55. The minimum absolute atomic E-state index is 0.315. The van der Waals surface area contributed by atoms with E-state index in [1.807, 2.05) is 0 Å². The number of nitrogens with one attached hydrogen (secondary N) is 1. The van der Waals surface area contributed by atoms with Crippen molar-refractivity contribution in [2.24, 2.45) is 0 Å². The maximum absolute atomic E-state index is 5.23. The molecule has 96 valence electrons. The Morgan fingerprint density at radius 2 is 2.11 bits per heavy atom. The molecule has 2 aromatic heterocycles. The monoisotopic (exact) mass is 310 g/mol. The van der Waals surface area contributed by atoms with Gasteiger partial charge in [0.2, 0.25) is 0 Å². The van der Waals surface area contributed by atoms with Gasteiger partial charge >= 0.3 is 113 Å². The van der Waals surface area contributed by atoms with E-state index in [0.29, 0.717) is 11.9 Å². The van der Waals surface area contributed by atoms with Crippen LogP contribution in [0.15, 0.2) is 12.3 Å². The molecule has 1 unspecified atom stereocenters. The second-order valence-corrected chi connectivity index (χ2v) is 4.95. The molecule has 18 heavy (non-hydrogen) atoms. The van der Waals surface area contributed by atoms with Gasteiger partial charge in [0.1, 0.15) is 0 Å².